The Balaban J connectivity index is 2.87. The molecule has 0 radical (unpaired) electrons. The summed E-state index contributed by atoms with van der Waals surface area (Å²) in [6, 6.07) is 12.0. The van der Waals surface area contributed by atoms with Crippen LogP contribution >= 0.6 is 0 Å². The van der Waals surface area contributed by atoms with E-state index in [2.05, 4.69) is 39.8 Å². The summed E-state index contributed by atoms with van der Waals surface area (Å²) in [6.07, 6.45) is 0.815. The minimum absolute atomic E-state index is 0.625. The fourth-order valence-electron chi connectivity index (χ4n) is 2.48. The van der Waals surface area contributed by atoms with Gasteiger partial charge in [0, 0.05) is 10.8 Å². The molecule has 0 fully saturated rings. The monoisotopic (exact) mass is 274 g/mol. The van der Waals surface area contributed by atoms with Crippen molar-refractivity contribution < 1.29 is 0 Å². The van der Waals surface area contributed by atoms with Crippen LogP contribution in [0.4, 0.5) is 0 Å². The van der Waals surface area contributed by atoms with E-state index in [0.29, 0.717) is 11.1 Å². The molecule has 0 saturated carbocycles. The summed E-state index contributed by atoms with van der Waals surface area (Å²) in [5.74, 6) is 0. The van der Waals surface area contributed by atoms with E-state index in [0.717, 1.165) is 28.3 Å². The summed E-state index contributed by atoms with van der Waals surface area (Å²) in [7, 11) is 0. The minimum Gasteiger partial charge on any atom is -0.192 e. The lowest BCUT2D eigenvalue weighted by atomic mass is 9.89. The smallest absolute Gasteiger partial charge is 0.0998 e. The minimum atomic E-state index is 0.625. The van der Waals surface area contributed by atoms with Gasteiger partial charge < -0.3 is 0 Å². The zero-order valence-electron chi connectivity index (χ0n) is 12.9. The van der Waals surface area contributed by atoms with Crippen LogP contribution in [0.25, 0.3) is 10.8 Å². The first kappa shape index (κ1) is 14.8. The van der Waals surface area contributed by atoms with Crippen LogP contribution in [-0.4, -0.2) is 0 Å². The van der Waals surface area contributed by atoms with Crippen molar-refractivity contribution in [3.05, 3.63) is 57.7 Å². The number of nitriles is 2. The number of nitrogens with zero attached hydrogens (tertiary/aromatic N) is 2. The summed E-state index contributed by atoms with van der Waals surface area (Å²) in [5.41, 5.74) is 6.18. The molecule has 2 aromatic carbocycles. The van der Waals surface area contributed by atoms with Crippen LogP contribution in [0.1, 0.15) is 43.0 Å². The molecule has 0 spiro atoms. The van der Waals surface area contributed by atoms with Gasteiger partial charge in [0.1, 0.15) is 0 Å². The second kappa shape index (κ2) is 5.81. The van der Waals surface area contributed by atoms with E-state index < -0.39 is 0 Å². The van der Waals surface area contributed by atoms with E-state index in [1.807, 2.05) is 12.1 Å². The highest BCUT2D eigenvalue weighted by Crippen LogP contribution is 2.30. The molecule has 104 valence electrons. The van der Waals surface area contributed by atoms with Crippen molar-refractivity contribution in [3.8, 4) is 12.1 Å². The number of rotatable bonds is 2. The second-order valence-corrected chi connectivity index (χ2v) is 5.62. The van der Waals surface area contributed by atoms with Crippen molar-refractivity contribution in [2.24, 2.45) is 0 Å². The van der Waals surface area contributed by atoms with Gasteiger partial charge in [-0.3, -0.25) is 0 Å². The second-order valence-electron chi connectivity index (χ2n) is 5.62. The van der Waals surface area contributed by atoms with Crippen molar-refractivity contribution >= 4 is 10.8 Å². The molecule has 2 aromatic rings. The summed E-state index contributed by atoms with van der Waals surface area (Å²) in [4.78, 5) is 0. The zero-order valence-corrected chi connectivity index (χ0v) is 12.9. The van der Waals surface area contributed by atoms with Gasteiger partial charge in [0.05, 0.1) is 23.3 Å². The van der Waals surface area contributed by atoms with Gasteiger partial charge in [-0.1, -0.05) is 23.3 Å². The molecule has 0 saturated heterocycles. The lowest BCUT2D eigenvalue weighted by Crippen LogP contribution is -1.98. The molecule has 0 heterocycles. The lowest BCUT2D eigenvalue weighted by Gasteiger charge is -2.14. The summed E-state index contributed by atoms with van der Waals surface area (Å²) < 4.78 is 0. The van der Waals surface area contributed by atoms with Gasteiger partial charge >= 0.3 is 0 Å². The van der Waals surface area contributed by atoms with Crippen molar-refractivity contribution in [3.63, 3.8) is 0 Å². The van der Waals surface area contributed by atoms with Gasteiger partial charge in [-0.15, -0.1) is 0 Å². The Hall–Kier alpha value is -2.58. The van der Waals surface area contributed by atoms with Gasteiger partial charge in [0.15, 0.2) is 0 Å². The van der Waals surface area contributed by atoms with E-state index in [-0.39, 0.29) is 0 Å². The SMILES string of the molecule is CC(C)=C(C)Cc1c(C)ccc2c(C#N)ccc(C#N)c12. The Morgan fingerprint density at radius 3 is 2.14 bits per heavy atom. The Bertz CT molecular complexity index is 823. The van der Waals surface area contributed by atoms with E-state index in [1.54, 1.807) is 12.1 Å². The average Bonchev–Trinajstić information content (AvgIpc) is 2.48. The fraction of sp³-hybridized carbons (Fsp3) is 0.263. The Morgan fingerprint density at radius 1 is 0.952 bits per heavy atom. The fourth-order valence-corrected chi connectivity index (χ4v) is 2.48. The maximum absolute atomic E-state index is 9.41. The van der Waals surface area contributed by atoms with Crippen molar-refractivity contribution in [2.75, 3.05) is 0 Å². The summed E-state index contributed by atoms with van der Waals surface area (Å²) >= 11 is 0. The van der Waals surface area contributed by atoms with Crippen LogP contribution in [0.3, 0.4) is 0 Å². The first-order valence-electron chi connectivity index (χ1n) is 6.98. The van der Waals surface area contributed by atoms with Gasteiger partial charge in [-0.25, -0.2) is 0 Å². The van der Waals surface area contributed by atoms with Gasteiger partial charge in [-0.2, -0.15) is 10.5 Å². The molecule has 0 unspecified atom stereocenters. The standard InChI is InChI=1S/C19H18N2/c1-12(2)14(4)9-18-13(3)5-8-17-15(10-20)6-7-16(11-21)19(17)18/h5-8H,9H2,1-4H3. The molecule has 0 bridgehead atoms. The van der Waals surface area contributed by atoms with Gasteiger partial charge in [-0.05, 0) is 57.4 Å². The summed E-state index contributed by atoms with van der Waals surface area (Å²) in [5, 5.41) is 20.5. The summed E-state index contributed by atoms with van der Waals surface area (Å²) in [6.45, 7) is 8.38. The molecule has 21 heavy (non-hydrogen) atoms. The Labute approximate surface area is 125 Å². The average molecular weight is 274 g/mol. The van der Waals surface area contributed by atoms with Crippen LogP contribution in [0, 0.1) is 29.6 Å². The number of fused-ring (bicyclic) bond motifs is 1. The van der Waals surface area contributed by atoms with E-state index in [9.17, 15) is 10.5 Å². The van der Waals surface area contributed by atoms with E-state index >= 15 is 0 Å². The van der Waals surface area contributed by atoms with Gasteiger partial charge in [0.25, 0.3) is 0 Å². The van der Waals surface area contributed by atoms with Crippen molar-refractivity contribution in [1.82, 2.24) is 0 Å². The maximum atomic E-state index is 9.41. The van der Waals surface area contributed by atoms with Crippen LogP contribution in [0.5, 0.6) is 0 Å². The highest BCUT2D eigenvalue weighted by atomic mass is 14.3. The first-order valence-corrected chi connectivity index (χ1v) is 6.98. The molecule has 2 nitrogen and oxygen atoms in total. The molecule has 2 heteroatoms. The predicted octanol–water partition coefficient (Wildman–Crippen LogP) is 4.79. The molecule has 0 amide bonds. The molecule has 0 aliphatic carbocycles. The zero-order chi connectivity index (χ0) is 15.6. The number of benzene rings is 2. The molecule has 0 aromatic heterocycles. The molecule has 0 aliphatic rings. The normalized spacial score (nSPS) is 10.0. The van der Waals surface area contributed by atoms with Crippen LogP contribution in [0.2, 0.25) is 0 Å². The molecule has 0 atom stereocenters. The van der Waals surface area contributed by atoms with Crippen LogP contribution in [-0.2, 0) is 6.42 Å². The topological polar surface area (TPSA) is 47.6 Å². The van der Waals surface area contributed by atoms with E-state index in [4.69, 9.17) is 0 Å². The highest BCUT2D eigenvalue weighted by molar-refractivity contribution is 5.95. The van der Waals surface area contributed by atoms with Crippen LogP contribution in [0.15, 0.2) is 35.4 Å². The van der Waals surface area contributed by atoms with Crippen LogP contribution < -0.4 is 0 Å². The van der Waals surface area contributed by atoms with Gasteiger partial charge in [0.2, 0.25) is 0 Å². The highest BCUT2D eigenvalue weighted by Gasteiger charge is 2.13. The number of hydrogen-bond donors (Lipinski definition) is 0. The number of hydrogen-bond acceptors (Lipinski definition) is 2. The number of allylic oxidation sites excluding steroid dienone is 2. The number of aryl methyl sites for hydroxylation is 1. The molecular formula is C19H18N2. The third-order valence-corrected chi connectivity index (χ3v) is 4.06. The quantitative estimate of drug-likeness (QED) is 0.739. The first-order chi connectivity index (χ1) is 9.99. The predicted molar refractivity (Wildman–Crippen MR) is 85.9 cm³/mol. The van der Waals surface area contributed by atoms with Crippen molar-refractivity contribution in [1.29, 1.82) is 10.5 Å². The lowest BCUT2D eigenvalue weighted by molar-refractivity contribution is 1.08. The maximum Gasteiger partial charge on any atom is 0.0998 e. The van der Waals surface area contributed by atoms with E-state index in [1.165, 1.54) is 11.1 Å². The Morgan fingerprint density at radius 2 is 1.57 bits per heavy atom. The third-order valence-electron chi connectivity index (χ3n) is 4.06. The van der Waals surface area contributed by atoms with Crippen molar-refractivity contribution in [2.45, 2.75) is 34.1 Å². The Kier molecular flexibility index (Phi) is 4.10. The molecule has 0 N–H and O–H groups in total. The molecule has 0 aliphatic heterocycles. The molecular weight excluding hydrogens is 256 g/mol. The molecule has 2 rings (SSSR count). The third kappa shape index (κ3) is 2.67. The largest absolute Gasteiger partial charge is 0.192 e.